The Balaban J connectivity index is 1.91. The molecule has 0 spiro atoms. The molecular weight excluding hydrogens is 242 g/mol. The smallest absolute Gasteiger partial charge is 0.246 e. The molecule has 0 atom stereocenters. The second-order valence-electron chi connectivity index (χ2n) is 4.27. The summed E-state index contributed by atoms with van der Waals surface area (Å²) in [4.78, 5) is 13.7. The molecule has 1 aliphatic heterocycles. The molecular formula is C15H19NO3. The van der Waals surface area contributed by atoms with Crippen molar-refractivity contribution in [3.8, 4) is 5.75 Å². The molecule has 0 bridgehead atoms. The molecule has 0 radical (unpaired) electrons. The van der Waals surface area contributed by atoms with Crippen molar-refractivity contribution >= 4 is 12.0 Å². The Bertz CT molecular complexity index is 433. The molecule has 1 aliphatic rings. The molecule has 1 aromatic rings. The fourth-order valence-corrected chi connectivity index (χ4v) is 1.90. The summed E-state index contributed by atoms with van der Waals surface area (Å²) < 4.78 is 10.6. The minimum Gasteiger partial charge on any atom is -0.494 e. The van der Waals surface area contributed by atoms with Crippen LogP contribution in [0.15, 0.2) is 30.3 Å². The monoisotopic (exact) mass is 261 g/mol. The lowest BCUT2D eigenvalue weighted by Gasteiger charge is -2.25. The molecule has 4 nitrogen and oxygen atoms in total. The van der Waals surface area contributed by atoms with Crippen LogP contribution in [0.25, 0.3) is 6.08 Å². The topological polar surface area (TPSA) is 38.8 Å². The highest BCUT2D eigenvalue weighted by atomic mass is 16.5. The first-order valence-electron chi connectivity index (χ1n) is 6.57. The van der Waals surface area contributed by atoms with E-state index in [0.29, 0.717) is 32.9 Å². The van der Waals surface area contributed by atoms with Gasteiger partial charge in [0.1, 0.15) is 5.75 Å². The van der Waals surface area contributed by atoms with E-state index >= 15 is 0 Å². The van der Waals surface area contributed by atoms with E-state index in [0.717, 1.165) is 11.3 Å². The zero-order chi connectivity index (χ0) is 13.5. The lowest BCUT2D eigenvalue weighted by atomic mass is 10.2. The maximum absolute atomic E-state index is 11.9. The molecule has 1 amide bonds. The summed E-state index contributed by atoms with van der Waals surface area (Å²) in [6, 6.07) is 7.69. The van der Waals surface area contributed by atoms with E-state index in [9.17, 15) is 4.79 Å². The van der Waals surface area contributed by atoms with Crippen LogP contribution in [0.5, 0.6) is 5.75 Å². The SMILES string of the molecule is CCOc1ccc(/C=C/C(=O)N2CCOCC2)cc1. The molecule has 4 heteroatoms. The van der Waals surface area contributed by atoms with Crippen molar-refractivity contribution in [3.63, 3.8) is 0 Å². The minimum absolute atomic E-state index is 0.0391. The zero-order valence-corrected chi connectivity index (χ0v) is 11.2. The Kier molecular flexibility index (Phi) is 4.98. The van der Waals surface area contributed by atoms with Crippen molar-refractivity contribution in [3.05, 3.63) is 35.9 Å². The van der Waals surface area contributed by atoms with Crippen molar-refractivity contribution in [2.45, 2.75) is 6.92 Å². The quantitative estimate of drug-likeness (QED) is 0.778. The van der Waals surface area contributed by atoms with Crippen molar-refractivity contribution in [1.29, 1.82) is 0 Å². The number of carbonyl (C=O) groups excluding carboxylic acids is 1. The van der Waals surface area contributed by atoms with E-state index in [2.05, 4.69) is 0 Å². The third-order valence-corrected chi connectivity index (χ3v) is 2.93. The number of benzene rings is 1. The van der Waals surface area contributed by atoms with Crippen LogP contribution < -0.4 is 4.74 Å². The van der Waals surface area contributed by atoms with E-state index in [4.69, 9.17) is 9.47 Å². The van der Waals surface area contributed by atoms with Crippen molar-refractivity contribution < 1.29 is 14.3 Å². The summed E-state index contributed by atoms with van der Waals surface area (Å²) in [6.45, 7) is 5.21. The first-order valence-corrected chi connectivity index (χ1v) is 6.57. The van der Waals surface area contributed by atoms with Crippen LogP contribution in [0.4, 0.5) is 0 Å². The van der Waals surface area contributed by atoms with Gasteiger partial charge in [-0.1, -0.05) is 12.1 Å². The fourth-order valence-electron chi connectivity index (χ4n) is 1.90. The number of nitrogens with zero attached hydrogens (tertiary/aromatic N) is 1. The minimum atomic E-state index is 0.0391. The molecule has 1 aromatic carbocycles. The normalized spacial score (nSPS) is 15.7. The third kappa shape index (κ3) is 4.10. The summed E-state index contributed by atoms with van der Waals surface area (Å²) in [5, 5.41) is 0. The van der Waals surface area contributed by atoms with Crippen molar-refractivity contribution in [2.75, 3.05) is 32.9 Å². The largest absolute Gasteiger partial charge is 0.494 e. The Hall–Kier alpha value is -1.81. The summed E-state index contributed by atoms with van der Waals surface area (Å²) in [6.07, 6.45) is 3.44. The number of hydrogen-bond acceptors (Lipinski definition) is 3. The molecule has 1 heterocycles. The number of carbonyl (C=O) groups is 1. The predicted molar refractivity (Wildman–Crippen MR) is 74.0 cm³/mol. The maximum atomic E-state index is 11.9. The summed E-state index contributed by atoms with van der Waals surface area (Å²) in [5.74, 6) is 0.886. The van der Waals surface area contributed by atoms with E-state index in [1.165, 1.54) is 0 Å². The zero-order valence-electron chi connectivity index (χ0n) is 11.2. The molecule has 0 saturated carbocycles. The molecule has 0 aliphatic carbocycles. The van der Waals surface area contributed by atoms with Gasteiger partial charge in [0, 0.05) is 19.2 Å². The van der Waals surface area contributed by atoms with E-state index in [1.807, 2.05) is 37.3 Å². The van der Waals surface area contributed by atoms with Crippen LogP contribution in [-0.2, 0) is 9.53 Å². The fraction of sp³-hybridized carbons (Fsp3) is 0.400. The van der Waals surface area contributed by atoms with Gasteiger partial charge in [-0.25, -0.2) is 0 Å². The Morgan fingerprint density at radius 3 is 2.63 bits per heavy atom. The van der Waals surface area contributed by atoms with Crippen LogP contribution in [0.1, 0.15) is 12.5 Å². The number of hydrogen-bond donors (Lipinski definition) is 0. The maximum Gasteiger partial charge on any atom is 0.246 e. The number of ether oxygens (including phenoxy) is 2. The highest BCUT2D eigenvalue weighted by molar-refractivity contribution is 5.91. The van der Waals surface area contributed by atoms with Gasteiger partial charge in [0.2, 0.25) is 5.91 Å². The van der Waals surface area contributed by atoms with Gasteiger partial charge in [-0.3, -0.25) is 4.79 Å². The van der Waals surface area contributed by atoms with Gasteiger partial charge >= 0.3 is 0 Å². The second kappa shape index (κ2) is 6.95. The van der Waals surface area contributed by atoms with E-state index < -0.39 is 0 Å². The Labute approximate surface area is 113 Å². The highest BCUT2D eigenvalue weighted by Crippen LogP contribution is 2.13. The first kappa shape index (κ1) is 13.6. The van der Waals surface area contributed by atoms with Gasteiger partial charge in [-0.15, -0.1) is 0 Å². The van der Waals surface area contributed by atoms with Crippen molar-refractivity contribution in [2.24, 2.45) is 0 Å². The molecule has 1 saturated heterocycles. The lowest BCUT2D eigenvalue weighted by Crippen LogP contribution is -2.39. The Morgan fingerprint density at radius 2 is 2.00 bits per heavy atom. The van der Waals surface area contributed by atoms with E-state index in [1.54, 1.807) is 11.0 Å². The van der Waals surface area contributed by atoms with Gasteiger partial charge < -0.3 is 14.4 Å². The van der Waals surface area contributed by atoms with Crippen molar-refractivity contribution in [1.82, 2.24) is 4.90 Å². The van der Waals surface area contributed by atoms with Gasteiger partial charge in [0.15, 0.2) is 0 Å². The van der Waals surface area contributed by atoms with Crippen LogP contribution in [0.3, 0.4) is 0 Å². The van der Waals surface area contributed by atoms with Gasteiger partial charge in [0.25, 0.3) is 0 Å². The molecule has 1 fully saturated rings. The summed E-state index contributed by atoms with van der Waals surface area (Å²) in [5.41, 5.74) is 0.991. The molecule has 19 heavy (non-hydrogen) atoms. The third-order valence-electron chi connectivity index (χ3n) is 2.93. The van der Waals surface area contributed by atoms with Crippen LogP contribution in [0.2, 0.25) is 0 Å². The average Bonchev–Trinajstić information content (AvgIpc) is 2.47. The number of rotatable bonds is 4. The standard InChI is InChI=1S/C15H19NO3/c1-2-19-14-6-3-13(4-7-14)5-8-15(17)16-9-11-18-12-10-16/h3-8H,2,9-12H2,1H3/b8-5+. The number of morpholine rings is 1. The summed E-state index contributed by atoms with van der Waals surface area (Å²) in [7, 11) is 0. The molecule has 0 unspecified atom stereocenters. The average molecular weight is 261 g/mol. The van der Waals surface area contributed by atoms with E-state index in [-0.39, 0.29) is 5.91 Å². The van der Waals surface area contributed by atoms with Gasteiger partial charge in [-0.05, 0) is 30.7 Å². The lowest BCUT2D eigenvalue weighted by molar-refractivity contribution is -0.129. The molecule has 0 N–H and O–H groups in total. The first-order chi connectivity index (χ1) is 9.29. The summed E-state index contributed by atoms with van der Waals surface area (Å²) >= 11 is 0. The highest BCUT2D eigenvalue weighted by Gasteiger charge is 2.13. The van der Waals surface area contributed by atoms with Gasteiger partial charge in [0.05, 0.1) is 19.8 Å². The van der Waals surface area contributed by atoms with Crippen LogP contribution >= 0.6 is 0 Å². The second-order valence-corrected chi connectivity index (χ2v) is 4.27. The molecule has 102 valence electrons. The van der Waals surface area contributed by atoms with Crippen LogP contribution in [-0.4, -0.2) is 43.7 Å². The molecule has 0 aromatic heterocycles. The Morgan fingerprint density at radius 1 is 1.32 bits per heavy atom. The van der Waals surface area contributed by atoms with Gasteiger partial charge in [-0.2, -0.15) is 0 Å². The number of amides is 1. The predicted octanol–water partition coefficient (Wildman–Crippen LogP) is 1.96. The van der Waals surface area contributed by atoms with Crippen LogP contribution in [0, 0.1) is 0 Å². The molecule has 2 rings (SSSR count).